The lowest BCUT2D eigenvalue weighted by Gasteiger charge is -2.31. The number of rotatable bonds is 7. The van der Waals surface area contributed by atoms with Gasteiger partial charge in [0.15, 0.2) is 0 Å². The Bertz CT molecular complexity index is 934. The molecule has 2 aromatic rings. The first-order valence-corrected chi connectivity index (χ1v) is 9.81. The maximum atomic E-state index is 8.61. The summed E-state index contributed by atoms with van der Waals surface area (Å²) in [6.45, 7) is 5.45. The minimum absolute atomic E-state index is 0.0248. The number of aromatic nitrogens is 3. The number of hydrogen-bond donors (Lipinski definition) is 3. The molecule has 0 saturated carbocycles. The molecule has 10 heteroatoms. The first-order chi connectivity index (χ1) is 14.5. The maximum absolute atomic E-state index is 8.61. The summed E-state index contributed by atoms with van der Waals surface area (Å²) in [6, 6.07) is 3.71. The molecule has 3 rings (SSSR count). The third-order valence-corrected chi connectivity index (χ3v) is 4.66. The smallest absolute Gasteiger partial charge is 0.214 e. The van der Waals surface area contributed by atoms with Crippen LogP contribution in [0.15, 0.2) is 34.6 Å². The number of nitrogens with one attached hydrogen (secondary N) is 1. The van der Waals surface area contributed by atoms with Crippen LogP contribution in [0.25, 0.3) is 0 Å². The zero-order chi connectivity index (χ0) is 21.5. The average molecular weight is 409 g/mol. The number of piperidine rings is 1. The molecule has 0 unspecified atom stereocenters. The number of nitrogens with two attached hydrogens (primary N) is 2. The van der Waals surface area contributed by atoms with Gasteiger partial charge in [0.05, 0.1) is 41.8 Å². The Morgan fingerprint density at radius 2 is 2.03 bits per heavy atom. The third kappa shape index (κ3) is 5.28. The first kappa shape index (κ1) is 21.2. The molecule has 0 spiro atoms. The number of ether oxygens (including phenoxy) is 1. The van der Waals surface area contributed by atoms with Gasteiger partial charge in [-0.3, -0.25) is 10.4 Å². The molecule has 0 amide bonds. The molecular formula is C20H27N9O. The molecular weight excluding hydrogens is 382 g/mol. The van der Waals surface area contributed by atoms with Crippen molar-refractivity contribution in [2.45, 2.75) is 38.8 Å². The summed E-state index contributed by atoms with van der Waals surface area (Å²) >= 11 is 0. The van der Waals surface area contributed by atoms with Gasteiger partial charge >= 0.3 is 0 Å². The van der Waals surface area contributed by atoms with Gasteiger partial charge in [-0.05, 0) is 26.7 Å². The maximum Gasteiger partial charge on any atom is 0.214 e. The Labute approximate surface area is 175 Å². The second kappa shape index (κ2) is 9.77. The van der Waals surface area contributed by atoms with Crippen molar-refractivity contribution < 1.29 is 4.74 Å². The second-order valence-electron chi connectivity index (χ2n) is 7.19. The van der Waals surface area contributed by atoms with Gasteiger partial charge in [0, 0.05) is 30.8 Å². The molecule has 0 bridgehead atoms. The lowest BCUT2D eigenvalue weighted by Crippen LogP contribution is -2.36. The molecule has 0 atom stereocenters. The van der Waals surface area contributed by atoms with E-state index in [1.165, 1.54) is 25.2 Å². The normalized spacial score (nSPS) is 15.4. The topological polar surface area (TPSA) is 152 Å². The number of nitrogen functional groups attached to an aromatic ring is 1. The predicted octanol–water partition coefficient (Wildman–Crippen LogP) is 1.64. The molecule has 0 aromatic carbocycles. The Kier molecular flexibility index (Phi) is 6.89. The van der Waals surface area contributed by atoms with Crippen molar-refractivity contribution >= 4 is 29.9 Å². The lowest BCUT2D eigenvalue weighted by atomic mass is 10.0. The van der Waals surface area contributed by atoms with E-state index in [9.17, 15) is 0 Å². The summed E-state index contributed by atoms with van der Waals surface area (Å²) in [5, 5.41) is 8.61. The standard InChI is InChI=1S/C20H27N9O/c1-13(2)30-19-7-15(16(22)9-25-19)20(23)17-8-18(28-12-27-17)29-5-3-14(4-6-29)26-11-24-10-21/h7-14,23H,3-6,22H2,1-2H3,(H2,21,24,26). The quantitative estimate of drug-likeness (QED) is 0.464. The molecule has 0 radical (unpaired) electrons. The van der Waals surface area contributed by atoms with E-state index in [2.05, 4.69) is 29.8 Å². The van der Waals surface area contributed by atoms with Crippen molar-refractivity contribution in [2.75, 3.05) is 23.7 Å². The van der Waals surface area contributed by atoms with E-state index in [-0.39, 0.29) is 17.9 Å². The van der Waals surface area contributed by atoms with Gasteiger partial charge in [-0.15, -0.1) is 0 Å². The van der Waals surface area contributed by atoms with Crippen LogP contribution in [0, 0.1) is 5.41 Å². The highest BCUT2D eigenvalue weighted by Crippen LogP contribution is 2.23. The molecule has 158 valence electrons. The summed E-state index contributed by atoms with van der Waals surface area (Å²) in [4.78, 5) is 23.2. The Hall–Kier alpha value is -3.56. The number of aliphatic imine (C=N–C) groups is 2. The molecule has 0 aliphatic carbocycles. The van der Waals surface area contributed by atoms with E-state index in [1.54, 1.807) is 6.07 Å². The SMILES string of the molecule is CC(C)Oc1cc(C(=N)c2cc(N3CCC(N=CN=CN)CC3)ncn2)c(N)cn1. The molecule has 5 N–H and O–H groups in total. The van der Waals surface area contributed by atoms with Gasteiger partial charge in [0.25, 0.3) is 0 Å². The van der Waals surface area contributed by atoms with Gasteiger partial charge in [-0.2, -0.15) is 0 Å². The largest absolute Gasteiger partial charge is 0.475 e. The van der Waals surface area contributed by atoms with Gasteiger partial charge in [-0.1, -0.05) is 0 Å². The van der Waals surface area contributed by atoms with Gasteiger partial charge in [0.2, 0.25) is 5.88 Å². The van der Waals surface area contributed by atoms with Gasteiger partial charge in [-0.25, -0.2) is 19.9 Å². The zero-order valence-corrected chi connectivity index (χ0v) is 17.2. The van der Waals surface area contributed by atoms with Gasteiger partial charge < -0.3 is 21.1 Å². The lowest BCUT2D eigenvalue weighted by molar-refractivity contribution is 0.232. The van der Waals surface area contributed by atoms with Crippen LogP contribution >= 0.6 is 0 Å². The summed E-state index contributed by atoms with van der Waals surface area (Å²) in [7, 11) is 0. The van der Waals surface area contributed by atoms with E-state index >= 15 is 0 Å². The summed E-state index contributed by atoms with van der Waals surface area (Å²) in [5.41, 5.74) is 12.9. The van der Waals surface area contributed by atoms with Crippen LogP contribution in [0.1, 0.15) is 37.9 Å². The highest BCUT2D eigenvalue weighted by molar-refractivity contribution is 6.13. The van der Waals surface area contributed by atoms with Crippen LogP contribution in [0.5, 0.6) is 5.88 Å². The Morgan fingerprint density at radius 3 is 2.73 bits per heavy atom. The molecule has 2 aromatic heterocycles. The number of anilines is 2. The fraction of sp³-hybridized carbons (Fsp3) is 0.400. The van der Waals surface area contributed by atoms with E-state index < -0.39 is 0 Å². The van der Waals surface area contributed by atoms with Crippen LogP contribution in [-0.4, -0.2) is 58.6 Å². The van der Waals surface area contributed by atoms with Gasteiger partial charge in [0.1, 0.15) is 18.5 Å². The van der Waals surface area contributed by atoms with Crippen molar-refractivity contribution in [1.29, 1.82) is 5.41 Å². The highest BCUT2D eigenvalue weighted by Gasteiger charge is 2.21. The van der Waals surface area contributed by atoms with E-state index in [1.807, 2.05) is 19.9 Å². The fourth-order valence-corrected chi connectivity index (χ4v) is 3.18. The van der Waals surface area contributed by atoms with Crippen LogP contribution in [0.4, 0.5) is 11.5 Å². The fourth-order valence-electron chi connectivity index (χ4n) is 3.18. The third-order valence-electron chi connectivity index (χ3n) is 4.66. The van der Waals surface area contributed by atoms with Crippen molar-refractivity contribution in [1.82, 2.24) is 15.0 Å². The van der Waals surface area contributed by atoms with Crippen LogP contribution < -0.4 is 21.1 Å². The van der Waals surface area contributed by atoms with E-state index in [4.69, 9.17) is 21.6 Å². The average Bonchev–Trinajstić information content (AvgIpc) is 2.75. The highest BCUT2D eigenvalue weighted by atomic mass is 16.5. The van der Waals surface area contributed by atoms with Crippen molar-refractivity contribution in [2.24, 2.45) is 15.7 Å². The molecule has 10 nitrogen and oxygen atoms in total. The molecule has 30 heavy (non-hydrogen) atoms. The Morgan fingerprint density at radius 1 is 1.27 bits per heavy atom. The summed E-state index contributed by atoms with van der Waals surface area (Å²) in [6.07, 6.45) is 7.46. The molecule has 3 heterocycles. The summed E-state index contributed by atoms with van der Waals surface area (Å²) < 4.78 is 5.63. The second-order valence-corrected chi connectivity index (χ2v) is 7.19. The number of hydrogen-bond acceptors (Lipinski definition) is 8. The van der Waals surface area contributed by atoms with Crippen LogP contribution in [0.2, 0.25) is 0 Å². The van der Waals surface area contributed by atoms with Crippen molar-refractivity contribution in [3.63, 3.8) is 0 Å². The molecule has 1 aliphatic rings. The molecule has 1 saturated heterocycles. The zero-order valence-electron chi connectivity index (χ0n) is 17.2. The summed E-state index contributed by atoms with van der Waals surface area (Å²) in [5.74, 6) is 1.20. The minimum atomic E-state index is -0.0248. The molecule has 1 aliphatic heterocycles. The first-order valence-electron chi connectivity index (χ1n) is 9.81. The van der Waals surface area contributed by atoms with Crippen molar-refractivity contribution in [3.8, 4) is 5.88 Å². The monoisotopic (exact) mass is 409 g/mol. The number of nitrogens with zero attached hydrogens (tertiary/aromatic N) is 6. The van der Waals surface area contributed by atoms with E-state index in [0.29, 0.717) is 22.8 Å². The molecule has 1 fully saturated rings. The van der Waals surface area contributed by atoms with Crippen molar-refractivity contribution in [3.05, 3.63) is 35.9 Å². The number of pyridine rings is 1. The minimum Gasteiger partial charge on any atom is -0.475 e. The van der Waals surface area contributed by atoms with Crippen LogP contribution in [0.3, 0.4) is 0 Å². The van der Waals surface area contributed by atoms with Crippen LogP contribution in [-0.2, 0) is 0 Å². The Balaban J connectivity index is 1.74. The van der Waals surface area contributed by atoms with E-state index in [0.717, 1.165) is 31.7 Å². The predicted molar refractivity (Wildman–Crippen MR) is 119 cm³/mol.